The van der Waals surface area contributed by atoms with E-state index in [1.165, 1.54) is 5.56 Å². The number of carboxylic acid groups (broad SMARTS) is 1. The molecular weight excluding hydrogens is 288 g/mol. The fraction of sp³-hybridized carbons (Fsp3) is 0.158. The smallest absolute Gasteiger partial charge is 0.356 e. The summed E-state index contributed by atoms with van der Waals surface area (Å²) in [5.41, 5.74) is 5.22. The number of aromatic carboxylic acids is 1. The molecule has 116 valence electrons. The molecule has 4 heteroatoms. The van der Waals surface area contributed by atoms with Crippen LogP contribution in [0.25, 0.3) is 17.1 Å². The van der Waals surface area contributed by atoms with E-state index in [0.29, 0.717) is 5.82 Å². The van der Waals surface area contributed by atoms with Gasteiger partial charge < -0.3 is 5.11 Å². The predicted octanol–water partition coefficient (Wildman–Crippen LogP) is 4.16. The lowest BCUT2D eigenvalue weighted by molar-refractivity contribution is 0.0691. The molecule has 0 aliphatic heterocycles. The molecule has 3 aromatic rings. The molecule has 0 aliphatic rings. The van der Waals surface area contributed by atoms with E-state index < -0.39 is 5.97 Å². The molecule has 3 rings (SSSR count). The third-order valence-electron chi connectivity index (χ3n) is 3.92. The lowest BCUT2D eigenvalue weighted by Gasteiger charge is -2.12. The van der Waals surface area contributed by atoms with Crippen LogP contribution in [0.2, 0.25) is 0 Å². The van der Waals surface area contributed by atoms with Crippen molar-refractivity contribution in [2.45, 2.75) is 20.8 Å². The van der Waals surface area contributed by atoms with Crippen LogP contribution in [0, 0.1) is 20.8 Å². The van der Waals surface area contributed by atoms with Crippen LogP contribution in [0.1, 0.15) is 27.2 Å². The lowest BCUT2D eigenvalue weighted by atomic mass is 10.1. The highest BCUT2D eigenvalue weighted by Gasteiger charge is 2.18. The zero-order valence-electron chi connectivity index (χ0n) is 13.4. The van der Waals surface area contributed by atoms with Crippen LogP contribution in [0.4, 0.5) is 0 Å². The van der Waals surface area contributed by atoms with Crippen molar-refractivity contribution in [2.75, 3.05) is 0 Å². The highest BCUT2D eigenvalue weighted by molar-refractivity contribution is 5.86. The second-order valence-corrected chi connectivity index (χ2v) is 5.73. The quantitative estimate of drug-likeness (QED) is 0.790. The lowest BCUT2D eigenvalue weighted by Crippen LogP contribution is -2.00. The number of carbonyl (C=O) groups is 1. The van der Waals surface area contributed by atoms with Crippen molar-refractivity contribution in [1.82, 2.24) is 9.55 Å². The summed E-state index contributed by atoms with van der Waals surface area (Å²) in [6.07, 6.45) is 1.59. The maximum Gasteiger partial charge on any atom is 0.356 e. The molecule has 23 heavy (non-hydrogen) atoms. The molecule has 0 unspecified atom stereocenters. The van der Waals surface area contributed by atoms with E-state index >= 15 is 0 Å². The van der Waals surface area contributed by atoms with Gasteiger partial charge in [-0.25, -0.2) is 9.78 Å². The van der Waals surface area contributed by atoms with Crippen LogP contribution in [0.15, 0.2) is 48.7 Å². The molecule has 1 aromatic heterocycles. The third-order valence-corrected chi connectivity index (χ3v) is 3.92. The van der Waals surface area contributed by atoms with E-state index in [1.807, 2.05) is 61.7 Å². The van der Waals surface area contributed by atoms with Crippen molar-refractivity contribution in [1.29, 1.82) is 0 Å². The Balaban J connectivity index is 2.28. The molecule has 0 spiro atoms. The number of nitrogens with zero attached hydrogens (tertiary/aromatic N) is 2. The molecule has 0 atom stereocenters. The zero-order valence-corrected chi connectivity index (χ0v) is 13.4. The Morgan fingerprint density at radius 2 is 1.78 bits per heavy atom. The normalized spacial score (nSPS) is 10.7. The molecule has 1 N–H and O–H groups in total. The molecule has 0 saturated heterocycles. The van der Waals surface area contributed by atoms with E-state index in [-0.39, 0.29) is 5.69 Å². The van der Waals surface area contributed by atoms with E-state index in [2.05, 4.69) is 11.1 Å². The second-order valence-electron chi connectivity index (χ2n) is 5.73. The molecule has 1 heterocycles. The molecule has 2 aromatic carbocycles. The number of benzene rings is 2. The Morgan fingerprint density at radius 1 is 1.04 bits per heavy atom. The van der Waals surface area contributed by atoms with Crippen LogP contribution in [0.5, 0.6) is 0 Å². The number of rotatable bonds is 3. The predicted molar refractivity (Wildman–Crippen MR) is 90.2 cm³/mol. The second kappa shape index (κ2) is 5.72. The number of imidazole rings is 1. The SMILES string of the molecule is Cc1ccc(-n2cc(C(=O)O)nc2-c2ccccc2C)c(C)c1. The van der Waals surface area contributed by atoms with Crippen molar-refractivity contribution in [3.05, 3.63) is 71.0 Å². The van der Waals surface area contributed by atoms with Crippen LogP contribution < -0.4 is 0 Å². The van der Waals surface area contributed by atoms with Crippen molar-refractivity contribution < 1.29 is 9.90 Å². The first-order valence-corrected chi connectivity index (χ1v) is 7.43. The summed E-state index contributed by atoms with van der Waals surface area (Å²) in [5, 5.41) is 9.32. The number of hydrogen-bond donors (Lipinski definition) is 1. The van der Waals surface area contributed by atoms with Gasteiger partial charge in [-0.1, -0.05) is 42.0 Å². The third kappa shape index (κ3) is 2.75. The molecule has 4 nitrogen and oxygen atoms in total. The Bertz CT molecular complexity index is 894. The minimum absolute atomic E-state index is 0.0447. The van der Waals surface area contributed by atoms with Crippen LogP contribution in [-0.4, -0.2) is 20.6 Å². The van der Waals surface area contributed by atoms with Gasteiger partial charge in [0.2, 0.25) is 0 Å². The monoisotopic (exact) mass is 306 g/mol. The molecule has 0 aliphatic carbocycles. The van der Waals surface area contributed by atoms with E-state index in [0.717, 1.165) is 22.4 Å². The first kappa shape index (κ1) is 15.0. The average Bonchev–Trinajstić information content (AvgIpc) is 2.92. The fourth-order valence-electron chi connectivity index (χ4n) is 2.76. The Kier molecular flexibility index (Phi) is 3.74. The minimum atomic E-state index is -1.02. The number of hydrogen-bond acceptors (Lipinski definition) is 2. The first-order chi connectivity index (χ1) is 11.0. The maximum absolute atomic E-state index is 11.4. The van der Waals surface area contributed by atoms with Crippen molar-refractivity contribution in [3.63, 3.8) is 0 Å². The summed E-state index contributed by atoms with van der Waals surface area (Å²) in [6, 6.07) is 14.0. The number of carboxylic acids is 1. The molecule has 0 fully saturated rings. The Labute approximate surface area is 135 Å². The van der Waals surface area contributed by atoms with Crippen molar-refractivity contribution >= 4 is 5.97 Å². The summed E-state index contributed by atoms with van der Waals surface area (Å²) in [4.78, 5) is 15.7. The van der Waals surface area contributed by atoms with E-state index in [9.17, 15) is 9.90 Å². The molecule has 0 amide bonds. The Morgan fingerprint density at radius 3 is 2.43 bits per heavy atom. The van der Waals surface area contributed by atoms with Gasteiger partial charge in [0, 0.05) is 11.8 Å². The van der Waals surface area contributed by atoms with Crippen molar-refractivity contribution in [2.24, 2.45) is 0 Å². The average molecular weight is 306 g/mol. The molecule has 0 bridgehead atoms. The van der Waals surface area contributed by atoms with Gasteiger partial charge in [0.05, 0.1) is 5.69 Å². The Hall–Kier alpha value is -2.88. The van der Waals surface area contributed by atoms with Gasteiger partial charge >= 0.3 is 5.97 Å². The highest BCUT2D eigenvalue weighted by Crippen LogP contribution is 2.27. The summed E-state index contributed by atoms with van der Waals surface area (Å²) in [7, 11) is 0. The van der Waals surface area contributed by atoms with Gasteiger partial charge in [-0.15, -0.1) is 0 Å². The fourth-order valence-corrected chi connectivity index (χ4v) is 2.76. The zero-order chi connectivity index (χ0) is 16.6. The molecule has 0 radical (unpaired) electrons. The van der Waals surface area contributed by atoms with E-state index in [4.69, 9.17) is 0 Å². The van der Waals surface area contributed by atoms with Gasteiger partial charge in [0.1, 0.15) is 5.82 Å². The van der Waals surface area contributed by atoms with Gasteiger partial charge in [-0.05, 0) is 38.0 Å². The number of aryl methyl sites for hydroxylation is 3. The van der Waals surface area contributed by atoms with Crippen LogP contribution in [0.3, 0.4) is 0 Å². The van der Waals surface area contributed by atoms with Gasteiger partial charge in [0.15, 0.2) is 5.69 Å². The van der Waals surface area contributed by atoms with Crippen LogP contribution in [-0.2, 0) is 0 Å². The number of aromatic nitrogens is 2. The van der Waals surface area contributed by atoms with Crippen LogP contribution >= 0.6 is 0 Å². The summed E-state index contributed by atoms with van der Waals surface area (Å²) >= 11 is 0. The van der Waals surface area contributed by atoms with Gasteiger partial charge in [0.25, 0.3) is 0 Å². The van der Waals surface area contributed by atoms with Gasteiger partial charge in [-0.3, -0.25) is 4.57 Å². The minimum Gasteiger partial charge on any atom is -0.476 e. The maximum atomic E-state index is 11.4. The standard InChI is InChI=1S/C19H18N2O2/c1-12-8-9-17(14(3)10-12)21-11-16(19(22)23)20-18(21)15-7-5-4-6-13(15)2/h4-11H,1-3H3,(H,22,23). The van der Waals surface area contributed by atoms with E-state index in [1.54, 1.807) is 6.20 Å². The summed E-state index contributed by atoms with van der Waals surface area (Å²) < 4.78 is 1.86. The highest BCUT2D eigenvalue weighted by atomic mass is 16.4. The van der Waals surface area contributed by atoms with Gasteiger partial charge in [-0.2, -0.15) is 0 Å². The molecular formula is C19H18N2O2. The summed E-state index contributed by atoms with van der Waals surface area (Å²) in [5.74, 6) is -0.379. The largest absolute Gasteiger partial charge is 0.476 e. The summed E-state index contributed by atoms with van der Waals surface area (Å²) in [6.45, 7) is 6.05. The van der Waals surface area contributed by atoms with Crippen molar-refractivity contribution in [3.8, 4) is 17.1 Å². The first-order valence-electron chi connectivity index (χ1n) is 7.43. The topological polar surface area (TPSA) is 55.1 Å². The molecule has 0 saturated carbocycles.